The molecule has 0 bridgehead atoms. The number of hydrogen-bond acceptors (Lipinski definition) is 4. The second kappa shape index (κ2) is 6.65. The first-order valence-corrected chi connectivity index (χ1v) is 6.47. The van der Waals surface area contributed by atoms with Crippen LogP contribution in [0.1, 0.15) is 23.2 Å². The molecule has 2 unspecified atom stereocenters. The van der Waals surface area contributed by atoms with Crippen LogP contribution >= 0.6 is 0 Å². The van der Waals surface area contributed by atoms with Gasteiger partial charge >= 0.3 is 5.97 Å². The smallest absolute Gasteiger partial charge is 0.307 e. The van der Waals surface area contributed by atoms with Gasteiger partial charge in [-0.3, -0.25) is 30.2 Å². The fraction of sp³-hybridized carbons (Fsp3) is 0.286. The summed E-state index contributed by atoms with van der Waals surface area (Å²) in [5.41, 5.74) is 4.90. The van der Waals surface area contributed by atoms with Crippen molar-refractivity contribution in [2.75, 3.05) is 0 Å². The number of carbonyl (C=O) groups is 3. The van der Waals surface area contributed by atoms with Crippen LogP contribution < -0.4 is 10.9 Å². The van der Waals surface area contributed by atoms with Crippen molar-refractivity contribution in [3.63, 3.8) is 0 Å². The molecule has 0 aromatic carbocycles. The number of rotatable bonds is 3. The molecule has 1 aliphatic rings. The van der Waals surface area contributed by atoms with Crippen LogP contribution in [-0.2, 0) is 9.59 Å². The van der Waals surface area contributed by atoms with Gasteiger partial charge < -0.3 is 5.11 Å². The Hall–Kier alpha value is -2.70. The number of amides is 2. The average Bonchev–Trinajstić information content (AvgIpc) is 2.53. The highest BCUT2D eigenvalue weighted by molar-refractivity contribution is 5.95. The first-order chi connectivity index (χ1) is 10.1. The van der Waals surface area contributed by atoms with Crippen LogP contribution in [0, 0.1) is 11.8 Å². The van der Waals surface area contributed by atoms with Crippen molar-refractivity contribution < 1.29 is 19.5 Å². The Morgan fingerprint density at radius 2 is 1.67 bits per heavy atom. The third-order valence-electron chi connectivity index (χ3n) is 3.33. The van der Waals surface area contributed by atoms with E-state index in [1.165, 1.54) is 24.5 Å². The maximum absolute atomic E-state index is 12.0. The molecule has 0 radical (unpaired) electrons. The lowest BCUT2D eigenvalue weighted by Crippen LogP contribution is -2.47. The Morgan fingerprint density at radius 1 is 1.05 bits per heavy atom. The van der Waals surface area contributed by atoms with Gasteiger partial charge in [-0.2, -0.15) is 0 Å². The number of carbonyl (C=O) groups excluding carboxylic acids is 2. The van der Waals surface area contributed by atoms with Gasteiger partial charge in [0.1, 0.15) is 0 Å². The van der Waals surface area contributed by atoms with Crippen molar-refractivity contribution in [2.24, 2.45) is 11.8 Å². The lowest BCUT2D eigenvalue weighted by Gasteiger charge is -2.24. The number of allylic oxidation sites excluding steroid dienone is 2. The molecule has 110 valence electrons. The van der Waals surface area contributed by atoms with Gasteiger partial charge in [-0.05, 0) is 25.0 Å². The Labute approximate surface area is 121 Å². The number of hydrogen-bond donors (Lipinski definition) is 3. The number of aliphatic carboxylic acids is 1. The van der Waals surface area contributed by atoms with E-state index in [0.29, 0.717) is 18.4 Å². The number of pyridine rings is 1. The molecule has 7 nitrogen and oxygen atoms in total. The van der Waals surface area contributed by atoms with E-state index >= 15 is 0 Å². The van der Waals surface area contributed by atoms with E-state index in [1.807, 2.05) is 0 Å². The minimum absolute atomic E-state index is 0.311. The van der Waals surface area contributed by atoms with Crippen molar-refractivity contribution in [3.8, 4) is 0 Å². The average molecular weight is 289 g/mol. The lowest BCUT2D eigenvalue weighted by atomic mass is 9.82. The SMILES string of the molecule is O=C(NNC(=O)C1CC=CCC1C(=O)O)c1ccncc1. The molecule has 0 spiro atoms. The molecule has 3 N–H and O–H groups in total. The quantitative estimate of drug-likeness (QED) is 0.555. The van der Waals surface area contributed by atoms with Crippen LogP contribution in [0.3, 0.4) is 0 Å². The fourth-order valence-corrected chi connectivity index (χ4v) is 2.16. The number of carboxylic acid groups (broad SMARTS) is 1. The summed E-state index contributed by atoms with van der Waals surface area (Å²) in [5, 5.41) is 9.10. The maximum atomic E-state index is 12.0. The standard InChI is InChI=1S/C14H15N3O4/c18-12(9-5-7-15-8-6-9)16-17-13(19)10-3-1-2-4-11(10)14(20)21/h1-2,5-8,10-11H,3-4H2,(H,16,18)(H,17,19)(H,20,21). The summed E-state index contributed by atoms with van der Waals surface area (Å²) >= 11 is 0. The van der Waals surface area contributed by atoms with Gasteiger partial charge in [0.25, 0.3) is 5.91 Å². The van der Waals surface area contributed by atoms with Crippen LogP contribution in [0.25, 0.3) is 0 Å². The number of nitrogens with zero attached hydrogens (tertiary/aromatic N) is 1. The molecule has 21 heavy (non-hydrogen) atoms. The van der Waals surface area contributed by atoms with Crippen molar-refractivity contribution in [2.45, 2.75) is 12.8 Å². The summed E-state index contributed by atoms with van der Waals surface area (Å²) in [5.74, 6) is -3.46. The van der Waals surface area contributed by atoms with Crippen LogP contribution in [-0.4, -0.2) is 27.9 Å². The second-order valence-corrected chi connectivity index (χ2v) is 4.67. The first-order valence-electron chi connectivity index (χ1n) is 6.47. The van der Waals surface area contributed by atoms with Gasteiger partial charge in [-0.1, -0.05) is 12.2 Å². The molecule has 1 heterocycles. The van der Waals surface area contributed by atoms with Crippen LogP contribution in [0.5, 0.6) is 0 Å². The molecule has 2 amide bonds. The molecule has 2 atom stereocenters. The fourth-order valence-electron chi connectivity index (χ4n) is 2.16. The van der Waals surface area contributed by atoms with Crippen LogP contribution in [0.4, 0.5) is 0 Å². The van der Waals surface area contributed by atoms with Gasteiger partial charge in [0.05, 0.1) is 11.8 Å². The molecule has 0 saturated heterocycles. The van der Waals surface area contributed by atoms with Crippen LogP contribution in [0.2, 0.25) is 0 Å². The zero-order valence-corrected chi connectivity index (χ0v) is 11.2. The molecular weight excluding hydrogens is 274 g/mol. The van der Waals surface area contributed by atoms with E-state index in [-0.39, 0.29) is 0 Å². The zero-order valence-electron chi connectivity index (χ0n) is 11.2. The van der Waals surface area contributed by atoms with Crippen molar-refractivity contribution in [1.82, 2.24) is 15.8 Å². The van der Waals surface area contributed by atoms with Gasteiger partial charge in [0, 0.05) is 18.0 Å². The van der Waals surface area contributed by atoms with Crippen molar-refractivity contribution in [1.29, 1.82) is 0 Å². The zero-order chi connectivity index (χ0) is 15.2. The third-order valence-corrected chi connectivity index (χ3v) is 3.33. The summed E-state index contributed by atoms with van der Waals surface area (Å²) in [6.45, 7) is 0. The summed E-state index contributed by atoms with van der Waals surface area (Å²) in [6.07, 6.45) is 7.10. The Morgan fingerprint density at radius 3 is 2.29 bits per heavy atom. The Kier molecular flexibility index (Phi) is 4.65. The van der Waals surface area contributed by atoms with E-state index in [9.17, 15) is 14.4 Å². The molecule has 1 aliphatic carbocycles. The van der Waals surface area contributed by atoms with E-state index in [4.69, 9.17) is 5.11 Å². The molecule has 2 rings (SSSR count). The minimum Gasteiger partial charge on any atom is -0.481 e. The van der Waals surface area contributed by atoms with E-state index in [2.05, 4.69) is 15.8 Å². The minimum atomic E-state index is -1.01. The molecule has 0 aliphatic heterocycles. The summed E-state index contributed by atoms with van der Waals surface area (Å²) < 4.78 is 0. The summed E-state index contributed by atoms with van der Waals surface area (Å²) in [7, 11) is 0. The number of hydrazine groups is 1. The first kappa shape index (κ1) is 14.7. The molecule has 0 saturated carbocycles. The third kappa shape index (κ3) is 3.65. The highest BCUT2D eigenvalue weighted by atomic mass is 16.4. The largest absolute Gasteiger partial charge is 0.481 e. The summed E-state index contributed by atoms with van der Waals surface area (Å²) in [4.78, 5) is 38.7. The Bertz CT molecular complexity index is 571. The lowest BCUT2D eigenvalue weighted by molar-refractivity contribution is -0.147. The molecule has 1 aromatic rings. The number of aromatic nitrogens is 1. The molecule has 0 fully saturated rings. The van der Waals surface area contributed by atoms with Crippen LogP contribution in [0.15, 0.2) is 36.7 Å². The predicted octanol–water partition coefficient (Wildman–Crippen LogP) is 0.510. The Balaban J connectivity index is 1.94. The van der Waals surface area contributed by atoms with Crippen molar-refractivity contribution in [3.05, 3.63) is 42.2 Å². The summed E-state index contributed by atoms with van der Waals surface area (Å²) in [6, 6.07) is 3.01. The number of carboxylic acids is 1. The van der Waals surface area contributed by atoms with E-state index < -0.39 is 29.6 Å². The van der Waals surface area contributed by atoms with Crippen molar-refractivity contribution >= 4 is 17.8 Å². The second-order valence-electron chi connectivity index (χ2n) is 4.67. The number of nitrogens with one attached hydrogen (secondary N) is 2. The maximum Gasteiger partial charge on any atom is 0.307 e. The molecule has 1 aromatic heterocycles. The highest BCUT2D eigenvalue weighted by Gasteiger charge is 2.34. The van der Waals surface area contributed by atoms with Gasteiger partial charge in [-0.25, -0.2) is 0 Å². The monoisotopic (exact) mass is 289 g/mol. The van der Waals surface area contributed by atoms with E-state index in [1.54, 1.807) is 12.2 Å². The molecular formula is C14H15N3O4. The van der Waals surface area contributed by atoms with Gasteiger partial charge in [0.15, 0.2) is 0 Å². The topological polar surface area (TPSA) is 108 Å². The highest BCUT2D eigenvalue weighted by Crippen LogP contribution is 2.25. The van der Waals surface area contributed by atoms with Gasteiger partial charge in [-0.15, -0.1) is 0 Å². The normalized spacial score (nSPS) is 20.6. The molecule has 7 heteroatoms. The predicted molar refractivity (Wildman–Crippen MR) is 72.8 cm³/mol. The van der Waals surface area contributed by atoms with Gasteiger partial charge in [0.2, 0.25) is 5.91 Å². The van der Waals surface area contributed by atoms with E-state index in [0.717, 1.165) is 0 Å².